The number of hydrogen-bond acceptors (Lipinski definition) is 2. The SMILES string of the molecule is CC(CNc1nccn1C1CCCC1)C(C)(C)C. The Bertz CT molecular complexity index is 369. The third-order valence-electron chi connectivity index (χ3n) is 4.43. The minimum absolute atomic E-state index is 0.345. The number of nitrogens with one attached hydrogen (secondary N) is 1. The van der Waals surface area contributed by atoms with Gasteiger partial charge in [0.2, 0.25) is 5.95 Å². The van der Waals surface area contributed by atoms with E-state index in [9.17, 15) is 0 Å². The fourth-order valence-corrected chi connectivity index (χ4v) is 2.48. The van der Waals surface area contributed by atoms with Crippen LogP contribution in [0.5, 0.6) is 0 Å². The molecule has 1 N–H and O–H groups in total. The lowest BCUT2D eigenvalue weighted by Crippen LogP contribution is -2.26. The van der Waals surface area contributed by atoms with Gasteiger partial charge in [-0.25, -0.2) is 4.98 Å². The first-order chi connectivity index (χ1) is 8.48. The maximum absolute atomic E-state index is 4.47. The molecule has 0 aliphatic heterocycles. The number of anilines is 1. The molecule has 3 nitrogen and oxygen atoms in total. The molecule has 1 unspecified atom stereocenters. The van der Waals surface area contributed by atoms with Crippen molar-refractivity contribution in [3.63, 3.8) is 0 Å². The van der Waals surface area contributed by atoms with E-state index in [2.05, 4.69) is 48.8 Å². The molecule has 1 heterocycles. The molecular weight excluding hydrogens is 222 g/mol. The fourth-order valence-electron chi connectivity index (χ4n) is 2.48. The van der Waals surface area contributed by atoms with E-state index in [0.29, 0.717) is 17.4 Å². The number of imidazole rings is 1. The molecule has 1 aliphatic rings. The first-order valence-electron chi connectivity index (χ1n) is 7.25. The maximum atomic E-state index is 4.47. The Morgan fingerprint density at radius 3 is 2.67 bits per heavy atom. The van der Waals surface area contributed by atoms with E-state index in [-0.39, 0.29) is 0 Å². The minimum atomic E-state index is 0.345. The summed E-state index contributed by atoms with van der Waals surface area (Å²) in [4.78, 5) is 4.47. The van der Waals surface area contributed by atoms with Crippen LogP contribution >= 0.6 is 0 Å². The Morgan fingerprint density at radius 2 is 2.06 bits per heavy atom. The average molecular weight is 249 g/mol. The summed E-state index contributed by atoms with van der Waals surface area (Å²) in [6.07, 6.45) is 9.38. The van der Waals surface area contributed by atoms with E-state index in [4.69, 9.17) is 0 Å². The van der Waals surface area contributed by atoms with E-state index < -0.39 is 0 Å². The second kappa shape index (κ2) is 5.33. The quantitative estimate of drug-likeness (QED) is 0.871. The van der Waals surface area contributed by atoms with E-state index in [0.717, 1.165) is 12.5 Å². The maximum Gasteiger partial charge on any atom is 0.203 e. The van der Waals surface area contributed by atoms with Crippen LogP contribution in [-0.2, 0) is 0 Å². The Labute approximate surface area is 111 Å². The highest BCUT2D eigenvalue weighted by atomic mass is 15.2. The summed E-state index contributed by atoms with van der Waals surface area (Å²) in [5.41, 5.74) is 0.345. The Morgan fingerprint density at radius 1 is 1.39 bits per heavy atom. The molecule has 0 radical (unpaired) electrons. The van der Waals surface area contributed by atoms with Crippen molar-refractivity contribution in [3.8, 4) is 0 Å². The van der Waals surface area contributed by atoms with Crippen molar-refractivity contribution in [3.05, 3.63) is 12.4 Å². The van der Waals surface area contributed by atoms with Crippen molar-refractivity contribution in [2.45, 2.75) is 59.4 Å². The first-order valence-corrected chi connectivity index (χ1v) is 7.25. The Balaban J connectivity index is 1.95. The average Bonchev–Trinajstić information content (AvgIpc) is 2.94. The molecule has 1 saturated carbocycles. The van der Waals surface area contributed by atoms with Gasteiger partial charge in [0.1, 0.15) is 0 Å². The van der Waals surface area contributed by atoms with Gasteiger partial charge in [-0.05, 0) is 24.2 Å². The topological polar surface area (TPSA) is 29.9 Å². The second-order valence-electron chi connectivity index (χ2n) is 6.74. The van der Waals surface area contributed by atoms with Crippen LogP contribution in [-0.4, -0.2) is 16.1 Å². The lowest BCUT2D eigenvalue weighted by molar-refractivity contribution is 0.274. The standard InChI is InChI=1S/C15H27N3/c1-12(15(2,3)4)11-17-14-16-9-10-18(14)13-7-5-6-8-13/h9-10,12-13H,5-8,11H2,1-4H3,(H,16,17). The molecule has 1 aliphatic carbocycles. The number of hydrogen-bond donors (Lipinski definition) is 1. The molecule has 18 heavy (non-hydrogen) atoms. The van der Waals surface area contributed by atoms with E-state index in [1.165, 1.54) is 25.7 Å². The van der Waals surface area contributed by atoms with Crippen molar-refractivity contribution >= 4 is 5.95 Å². The minimum Gasteiger partial charge on any atom is -0.355 e. The summed E-state index contributed by atoms with van der Waals surface area (Å²) in [6, 6.07) is 0.667. The normalized spacial score (nSPS) is 19.1. The van der Waals surface area contributed by atoms with E-state index in [1.807, 2.05) is 6.20 Å². The molecule has 0 aromatic carbocycles. The summed E-state index contributed by atoms with van der Waals surface area (Å²) in [5, 5.41) is 3.53. The van der Waals surface area contributed by atoms with Crippen molar-refractivity contribution in [2.24, 2.45) is 11.3 Å². The molecule has 0 bridgehead atoms. The van der Waals surface area contributed by atoms with Crippen molar-refractivity contribution in [1.82, 2.24) is 9.55 Å². The van der Waals surface area contributed by atoms with Crippen molar-refractivity contribution < 1.29 is 0 Å². The van der Waals surface area contributed by atoms with Gasteiger partial charge in [0.05, 0.1) is 0 Å². The van der Waals surface area contributed by atoms with Crippen LogP contribution in [0.4, 0.5) is 5.95 Å². The first kappa shape index (κ1) is 13.4. The smallest absolute Gasteiger partial charge is 0.203 e. The highest BCUT2D eigenvalue weighted by Gasteiger charge is 2.22. The van der Waals surface area contributed by atoms with Gasteiger partial charge < -0.3 is 9.88 Å². The zero-order chi connectivity index (χ0) is 13.2. The second-order valence-corrected chi connectivity index (χ2v) is 6.74. The lowest BCUT2D eigenvalue weighted by atomic mass is 9.82. The number of rotatable bonds is 4. The van der Waals surface area contributed by atoms with Gasteiger partial charge in [-0.1, -0.05) is 40.5 Å². The van der Waals surface area contributed by atoms with Crippen LogP contribution in [0, 0.1) is 11.3 Å². The van der Waals surface area contributed by atoms with Gasteiger partial charge in [-0.2, -0.15) is 0 Å². The van der Waals surface area contributed by atoms with Gasteiger partial charge in [0, 0.05) is 25.0 Å². The summed E-state index contributed by atoms with van der Waals surface area (Å²) in [7, 11) is 0. The summed E-state index contributed by atoms with van der Waals surface area (Å²) in [5.74, 6) is 1.68. The predicted octanol–water partition coefficient (Wildman–Crippen LogP) is 4.09. The fraction of sp³-hybridized carbons (Fsp3) is 0.800. The van der Waals surface area contributed by atoms with Crippen LogP contribution in [0.1, 0.15) is 59.4 Å². The molecule has 2 rings (SSSR count). The summed E-state index contributed by atoms with van der Waals surface area (Å²) >= 11 is 0. The van der Waals surface area contributed by atoms with E-state index >= 15 is 0 Å². The molecule has 1 aromatic rings. The molecule has 0 spiro atoms. The van der Waals surface area contributed by atoms with Crippen molar-refractivity contribution in [1.29, 1.82) is 0 Å². The van der Waals surface area contributed by atoms with Gasteiger partial charge in [0.25, 0.3) is 0 Å². The van der Waals surface area contributed by atoms with Crippen LogP contribution in [0.15, 0.2) is 12.4 Å². The number of aromatic nitrogens is 2. The monoisotopic (exact) mass is 249 g/mol. The van der Waals surface area contributed by atoms with Crippen LogP contribution in [0.2, 0.25) is 0 Å². The molecule has 0 amide bonds. The molecule has 1 atom stereocenters. The highest BCUT2D eigenvalue weighted by molar-refractivity contribution is 5.27. The van der Waals surface area contributed by atoms with Crippen molar-refractivity contribution in [2.75, 3.05) is 11.9 Å². The van der Waals surface area contributed by atoms with Gasteiger partial charge in [-0.3, -0.25) is 0 Å². The summed E-state index contributed by atoms with van der Waals surface area (Å²) in [6.45, 7) is 10.2. The van der Waals surface area contributed by atoms with Crippen LogP contribution < -0.4 is 5.32 Å². The van der Waals surface area contributed by atoms with Gasteiger partial charge in [0.15, 0.2) is 0 Å². The Hall–Kier alpha value is -0.990. The lowest BCUT2D eigenvalue weighted by Gasteiger charge is -2.28. The Kier molecular flexibility index (Phi) is 3.98. The van der Waals surface area contributed by atoms with Gasteiger partial charge in [-0.15, -0.1) is 0 Å². The molecule has 0 saturated heterocycles. The molecule has 1 fully saturated rings. The predicted molar refractivity (Wildman–Crippen MR) is 76.8 cm³/mol. The third kappa shape index (κ3) is 3.06. The highest BCUT2D eigenvalue weighted by Crippen LogP contribution is 2.32. The largest absolute Gasteiger partial charge is 0.355 e. The third-order valence-corrected chi connectivity index (χ3v) is 4.43. The summed E-state index contributed by atoms with van der Waals surface area (Å²) < 4.78 is 2.34. The zero-order valence-corrected chi connectivity index (χ0v) is 12.2. The van der Waals surface area contributed by atoms with Crippen LogP contribution in [0.3, 0.4) is 0 Å². The van der Waals surface area contributed by atoms with Gasteiger partial charge >= 0.3 is 0 Å². The zero-order valence-electron chi connectivity index (χ0n) is 12.2. The molecular formula is C15H27N3. The molecule has 3 heteroatoms. The van der Waals surface area contributed by atoms with E-state index in [1.54, 1.807) is 0 Å². The molecule has 1 aromatic heterocycles. The van der Waals surface area contributed by atoms with Crippen LogP contribution in [0.25, 0.3) is 0 Å². The molecule has 102 valence electrons. The number of nitrogens with zero attached hydrogens (tertiary/aromatic N) is 2.